The van der Waals surface area contributed by atoms with Gasteiger partial charge in [-0.1, -0.05) is 0 Å². The minimum atomic E-state index is 0.274. The van der Waals surface area contributed by atoms with E-state index in [-0.39, 0.29) is 5.91 Å². The van der Waals surface area contributed by atoms with E-state index in [0.717, 1.165) is 36.3 Å². The Bertz CT molecular complexity index is 510. The van der Waals surface area contributed by atoms with Crippen molar-refractivity contribution >= 4 is 33.6 Å². The molecule has 7 nitrogen and oxygen atoms in total. The van der Waals surface area contributed by atoms with Gasteiger partial charge in [0, 0.05) is 38.3 Å². The van der Waals surface area contributed by atoms with Crippen molar-refractivity contribution in [1.29, 1.82) is 0 Å². The number of piperazine rings is 1. The Morgan fingerprint density at radius 3 is 3.11 bits per heavy atom. The summed E-state index contributed by atoms with van der Waals surface area (Å²) in [6.45, 7) is 2.35. The lowest BCUT2D eigenvalue weighted by molar-refractivity contribution is -0.129. The first-order chi connectivity index (χ1) is 9.19. The second-order valence-corrected chi connectivity index (χ2v) is 5.59. The molecule has 0 bridgehead atoms. The molecule has 2 saturated heterocycles. The Balaban J connectivity index is 1.82. The molecule has 1 aromatic rings. The number of amides is 1. The number of aromatic nitrogens is 2. The standard InChI is InChI=1S/C11H15BrN6O/c12-8-5-14-11(16-13)15-10(8)17-3-4-18-7(6-17)1-2-9(18)19/h5,7H,1-4,6,13H2,(H,14,15,16). The smallest absolute Gasteiger partial charge is 0.239 e. The molecule has 3 N–H and O–H groups in total. The minimum Gasteiger partial charge on any atom is -0.352 e. The van der Waals surface area contributed by atoms with Crippen LogP contribution < -0.4 is 16.2 Å². The van der Waals surface area contributed by atoms with Gasteiger partial charge in [0.05, 0.1) is 4.47 Å². The van der Waals surface area contributed by atoms with Gasteiger partial charge in [-0.15, -0.1) is 0 Å². The molecule has 19 heavy (non-hydrogen) atoms. The van der Waals surface area contributed by atoms with Gasteiger partial charge in [0.25, 0.3) is 0 Å². The van der Waals surface area contributed by atoms with E-state index >= 15 is 0 Å². The van der Waals surface area contributed by atoms with Gasteiger partial charge >= 0.3 is 0 Å². The molecule has 8 heteroatoms. The molecule has 0 spiro atoms. The van der Waals surface area contributed by atoms with Gasteiger partial charge in [-0.25, -0.2) is 10.8 Å². The molecule has 1 unspecified atom stereocenters. The van der Waals surface area contributed by atoms with Gasteiger partial charge in [-0.3, -0.25) is 10.2 Å². The van der Waals surface area contributed by atoms with Crippen molar-refractivity contribution in [2.75, 3.05) is 30.0 Å². The number of hydrogen-bond acceptors (Lipinski definition) is 6. The van der Waals surface area contributed by atoms with Crippen LogP contribution in [0.4, 0.5) is 11.8 Å². The molecule has 1 atom stereocenters. The van der Waals surface area contributed by atoms with E-state index in [9.17, 15) is 4.79 Å². The zero-order valence-corrected chi connectivity index (χ0v) is 11.9. The van der Waals surface area contributed by atoms with E-state index in [0.29, 0.717) is 18.4 Å². The summed E-state index contributed by atoms with van der Waals surface area (Å²) >= 11 is 3.46. The minimum absolute atomic E-state index is 0.274. The molecule has 1 aromatic heterocycles. The van der Waals surface area contributed by atoms with E-state index in [1.165, 1.54) is 0 Å². The van der Waals surface area contributed by atoms with Crippen LogP contribution in [0.15, 0.2) is 10.7 Å². The largest absolute Gasteiger partial charge is 0.352 e. The topological polar surface area (TPSA) is 87.4 Å². The molecular formula is C11H15BrN6O. The summed E-state index contributed by atoms with van der Waals surface area (Å²) in [5, 5.41) is 0. The molecule has 2 aliphatic heterocycles. The Morgan fingerprint density at radius 1 is 1.47 bits per heavy atom. The number of rotatable bonds is 2. The first-order valence-electron chi connectivity index (χ1n) is 6.22. The first-order valence-corrected chi connectivity index (χ1v) is 7.02. The third kappa shape index (κ3) is 2.25. The second kappa shape index (κ2) is 4.93. The Kier molecular flexibility index (Phi) is 3.28. The van der Waals surface area contributed by atoms with E-state index in [1.54, 1.807) is 6.20 Å². The maximum absolute atomic E-state index is 11.7. The predicted molar refractivity (Wildman–Crippen MR) is 74.5 cm³/mol. The number of anilines is 2. The van der Waals surface area contributed by atoms with Crippen molar-refractivity contribution < 1.29 is 4.79 Å². The highest BCUT2D eigenvalue weighted by atomic mass is 79.9. The number of nitrogens with one attached hydrogen (secondary N) is 1. The molecule has 0 radical (unpaired) electrons. The molecule has 1 amide bonds. The summed E-state index contributed by atoms with van der Waals surface area (Å²) in [6.07, 6.45) is 3.28. The van der Waals surface area contributed by atoms with Crippen molar-refractivity contribution in [1.82, 2.24) is 14.9 Å². The summed E-state index contributed by atoms with van der Waals surface area (Å²) in [7, 11) is 0. The van der Waals surface area contributed by atoms with Crippen LogP contribution in [-0.4, -0.2) is 46.5 Å². The van der Waals surface area contributed by atoms with Crippen molar-refractivity contribution in [2.24, 2.45) is 5.84 Å². The first kappa shape index (κ1) is 12.6. The lowest BCUT2D eigenvalue weighted by Gasteiger charge is -2.38. The molecule has 2 fully saturated rings. The molecule has 0 aliphatic carbocycles. The normalized spacial score (nSPS) is 22.6. The highest BCUT2D eigenvalue weighted by Gasteiger charge is 2.36. The fourth-order valence-electron chi connectivity index (χ4n) is 2.71. The Hall–Kier alpha value is -1.41. The highest BCUT2D eigenvalue weighted by molar-refractivity contribution is 9.10. The van der Waals surface area contributed by atoms with Crippen LogP contribution >= 0.6 is 15.9 Å². The summed E-state index contributed by atoms with van der Waals surface area (Å²) in [6, 6.07) is 0.303. The monoisotopic (exact) mass is 326 g/mol. The van der Waals surface area contributed by atoms with Crippen molar-refractivity contribution in [3.8, 4) is 0 Å². The molecule has 102 valence electrons. The Morgan fingerprint density at radius 2 is 2.32 bits per heavy atom. The average Bonchev–Trinajstić information content (AvgIpc) is 2.80. The number of nitrogens with zero attached hydrogens (tertiary/aromatic N) is 4. The lowest BCUT2D eigenvalue weighted by Crippen LogP contribution is -2.51. The van der Waals surface area contributed by atoms with E-state index in [2.05, 4.69) is 36.2 Å². The SMILES string of the molecule is NNc1ncc(Br)c(N2CCN3C(=O)CCC3C2)n1. The molecule has 2 aliphatic rings. The maximum Gasteiger partial charge on any atom is 0.239 e. The number of fused-ring (bicyclic) bond motifs is 1. The van der Waals surface area contributed by atoms with Gasteiger partial charge in [0.2, 0.25) is 11.9 Å². The van der Waals surface area contributed by atoms with E-state index in [1.807, 2.05) is 4.90 Å². The number of nitrogens with two attached hydrogens (primary N) is 1. The molecule has 0 saturated carbocycles. The number of halogens is 1. The molecule has 0 aromatic carbocycles. The quantitative estimate of drug-likeness (QED) is 0.601. The molecular weight excluding hydrogens is 312 g/mol. The predicted octanol–water partition coefficient (Wildman–Crippen LogP) is 0.336. The second-order valence-electron chi connectivity index (χ2n) is 4.74. The van der Waals surface area contributed by atoms with Crippen molar-refractivity contribution in [2.45, 2.75) is 18.9 Å². The van der Waals surface area contributed by atoms with Crippen LogP contribution in [0.1, 0.15) is 12.8 Å². The zero-order valence-electron chi connectivity index (χ0n) is 10.3. The van der Waals surface area contributed by atoms with Gasteiger partial charge in [-0.05, 0) is 22.4 Å². The average molecular weight is 327 g/mol. The third-order valence-corrected chi connectivity index (χ3v) is 4.21. The number of hydrazine groups is 1. The van der Waals surface area contributed by atoms with Crippen LogP contribution in [-0.2, 0) is 4.79 Å². The zero-order chi connectivity index (χ0) is 13.4. The number of hydrogen-bond donors (Lipinski definition) is 2. The van der Waals surface area contributed by atoms with Crippen molar-refractivity contribution in [3.05, 3.63) is 10.7 Å². The maximum atomic E-state index is 11.7. The number of carbonyl (C=O) groups is 1. The number of carbonyl (C=O) groups excluding carboxylic acids is 1. The van der Waals surface area contributed by atoms with Crippen molar-refractivity contribution in [3.63, 3.8) is 0 Å². The summed E-state index contributed by atoms with van der Waals surface area (Å²) in [4.78, 5) is 24.2. The van der Waals surface area contributed by atoms with E-state index < -0.39 is 0 Å². The van der Waals surface area contributed by atoms with Crippen LogP contribution in [0.5, 0.6) is 0 Å². The van der Waals surface area contributed by atoms with Gasteiger partial charge in [0.15, 0.2) is 0 Å². The fourth-order valence-corrected chi connectivity index (χ4v) is 3.15. The highest BCUT2D eigenvalue weighted by Crippen LogP contribution is 2.29. The summed E-state index contributed by atoms with van der Waals surface area (Å²) in [5.74, 6) is 6.83. The molecule has 3 heterocycles. The number of nitrogen functional groups attached to an aromatic ring is 1. The summed E-state index contributed by atoms with van der Waals surface area (Å²) in [5.41, 5.74) is 2.45. The molecule has 3 rings (SSSR count). The summed E-state index contributed by atoms with van der Waals surface area (Å²) < 4.78 is 0.837. The van der Waals surface area contributed by atoms with Gasteiger partial charge < -0.3 is 9.80 Å². The van der Waals surface area contributed by atoms with Crippen LogP contribution in [0.25, 0.3) is 0 Å². The third-order valence-electron chi connectivity index (χ3n) is 3.65. The van der Waals surface area contributed by atoms with E-state index in [4.69, 9.17) is 5.84 Å². The van der Waals surface area contributed by atoms with Crippen LogP contribution in [0.2, 0.25) is 0 Å². The Labute approximate surface area is 119 Å². The lowest BCUT2D eigenvalue weighted by atomic mass is 10.1. The van der Waals surface area contributed by atoms with Crippen LogP contribution in [0, 0.1) is 0 Å². The van der Waals surface area contributed by atoms with Gasteiger partial charge in [-0.2, -0.15) is 4.98 Å². The fraction of sp³-hybridized carbons (Fsp3) is 0.545. The van der Waals surface area contributed by atoms with Crippen LogP contribution in [0.3, 0.4) is 0 Å². The van der Waals surface area contributed by atoms with Gasteiger partial charge in [0.1, 0.15) is 5.82 Å².